The van der Waals surface area contributed by atoms with Gasteiger partial charge in [-0.3, -0.25) is 19.2 Å². The van der Waals surface area contributed by atoms with Gasteiger partial charge >= 0.3 is 5.69 Å². The van der Waals surface area contributed by atoms with Crippen LogP contribution in [0.3, 0.4) is 0 Å². The molecule has 5 aromatic rings. The first-order valence-electron chi connectivity index (χ1n) is 8.22. The van der Waals surface area contributed by atoms with E-state index in [2.05, 4.69) is 15.0 Å². The SMILES string of the molecule is COc1cccn2c(=O)c3[nH]c(=O)n(-c4ccc5ncccc5c4)c3nc12. The standard InChI is InChI=1S/C19H13N5O3/c1-27-14-5-3-9-23-16(14)22-17-15(18(23)25)21-19(26)24(17)12-6-7-13-11(10-12)4-2-8-20-13/h2-10H,1H3,(H,21,26). The van der Waals surface area contributed by atoms with E-state index in [4.69, 9.17) is 4.74 Å². The van der Waals surface area contributed by atoms with Crippen LogP contribution in [-0.4, -0.2) is 31.0 Å². The minimum Gasteiger partial charge on any atom is -0.493 e. The van der Waals surface area contributed by atoms with E-state index in [1.807, 2.05) is 24.3 Å². The Kier molecular flexibility index (Phi) is 3.14. The molecule has 1 N–H and O–H groups in total. The third-order valence-electron chi connectivity index (χ3n) is 4.51. The Hall–Kier alpha value is -3.94. The van der Waals surface area contributed by atoms with Gasteiger partial charge in [0.1, 0.15) is 0 Å². The highest BCUT2D eigenvalue weighted by Crippen LogP contribution is 2.20. The van der Waals surface area contributed by atoms with E-state index in [0.29, 0.717) is 17.1 Å². The Morgan fingerprint density at radius 1 is 1.07 bits per heavy atom. The van der Waals surface area contributed by atoms with Crippen molar-refractivity contribution in [3.05, 3.63) is 75.7 Å². The lowest BCUT2D eigenvalue weighted by Gasteiger charge is -2.07. The second-order valence-electron chi connectivity index (χ2n) is 6.03. The molecular formula is C19H13N5O3. The Morgan fingerprint density at radius 2 is 1.96 bits per heavy atom. The van der Waals surface area contributed by atoms with Gasteiger partial charge in [-0.2, -0.15) is 0 Å². The molecule has 0 atom stereocenters. The van der Waals surface area contributed by atoms with Crippen molar-refractivity contribution in [3.63, 3.8) is 0 Å². The maximum absolute atomic E-state index is 12.8. The molecule has 0 saturated heterocycles. The number of imidazole rings is 1. The van der Waals surface area contributed by atoms with Gasteiger partial charge in [0.2, 0.25) is 0 Å². The lowest BCUT2D eigenvalue weighted by molar-refractivity contribution is 0.416. The summed E-state index contributed by atoms with van der Waals surface area (Å²) in [5.41, 5.74) is 1.33. The Morgan fingerprint density at radius 3 is 2.81 bits per heavy atom. The molecular weight excluding hydrogens is 346 g/mol. The molecule has 8 heteroatoms. The van der Waals surface area contributed by atoms with Crippen LogP contribution in [0.2, 0.25) is 0 Å². The van der Waals surface area contributed by atoms with Crippen LogP contribution < -0.4 is 16.0 Å². The number of rotatable bonds is 2. The second kappa shape index (κ2) is 5.53. The van der Waals surface area contributed by atoms with Gasteiger partial charge in [-0.1, -0.05) is 6.07 Å². The summed E-state index contributed by atoms with van der Waals surface area (Å²) >= 11 is 0. The molecule has 4 heterocycles. The van der Waals surface area contributed by atoms with Gasteiger partial charge in [0.15, 0.2) is 22.6 Å². The number of nitrogens with one attached hydrogen (secondary N) is 1. The first-order valence-corrected chi connectivity index (χ1v) is 8.22. The van der Waals surface area contributed by atoms with E-state index in [1.54, 1.807) is 30.6 Å². The van der Waals surface area contributed by atoms with Gasteiger partial charge in [0, 0.05) is 17.8 Å². The molecule has 0 amide bonds. The average molecular weight is 359 g/mol. The minimum absolute atomic E-state index is 0.136. The number of nitrogens with zero attached hydrogens (tertiary/aromatic N) is 4. The molecule has 5 rings (SSSR count). The van der Waals surface area contributed by atoms with Crippen LogP contribution in [0, 0.1) is 0 Å². The fourth-order valence-corrected chi connectivity index (χ4v) is 3.26. The summed E-state index contributed by atoms with van der Waals surface area (Å²) in [6.45, 7) is 0. The molecule has 0 aliphatic carbocycles. The van der Waals surface area contributed by atoms with Crippen LogP contribution in [0.5, 0.6) is 5.75 Å². The van der Waals surface area contributed by atoms with Crippen molar-refractivity contribution in [3.8, 4) is 11.4 Å². The molecule has 4 aromatic heterocycles. The number of pyridine rings is 2. The molecule has 27 heavy (non-hydrogen) atoms. The second-order valence-corrected chi connectivity index (χ2v) is 6.03. The van der Waals surface area contributed by atoms with Gasteiger partial charge in [-0.25, -0.2) is 14.3 Å². The number of aromatic amines is 1. The van der Waals surface area contributed by atoms with Crippen LogP contribution in [0.4, 0.5) is 0 Å². The topological polar surface area (TPSA) is 94.3 Å². The summed E-state index contributed by atoms with van der Waals surface area (Å²) in [5, 5.41) is 0.881. The van der Waals surface area contributed by atoms with E-state index in [0.717, 1.165) is 10.9 Å². The van der Waals surface area contributed by atoms with Crippen molar-refractivity contribution < 1.29 is 4.74 Å². The predicted molar refractivity (Wildman–Crippen MR) is 101 cm³/mol. The van der Waals surface area contributed by atoms with Gasteiger partial charge in [0.05, 0.1) is 18.3 Å². The summed E-state index contributed by atoms with van der Waals surface area (Å²) in [7, 11) is 1.51. The Bertz CT molecular complexity index is 1460. The molecule has 0 bridgehead atoms. The third kappa shape index (κ3) is 2.16. The van der Waals surface area contributed by atoms with Crippen LogP contribution in [0.15, 0.2) is 64.4 Å². The number of benzene rings is 1. The van der Waals surface area contributed by atoms with E-state index < -0.39 is 5.69 Å². The largest absolute Gasteiger partial charge is 0.493 e. The van der Waals surface area contributed by atoms with Crippen molar-refractivity contribution in [2.45, 2.75) is 0 Å². The Balaban J connectivity index is 1.90. The van der Waals surface area contributed by atoms with Crippen molar-refractivity contribution in [2.24, 2.45) is 0 Å². The van der Waals surface area contributed by atoms with E-state index in [-0.39, 0.29) is 16.7 Å². The number of hydrogen-bond acceptors (Lipinski definition) is 5. The van der Waals surface area contributed by atoms with E-state index >= 15 is 0 Å². The summed E-state index contributed by atoms with van der Waals surface area (Å²) in [6.07, 6.45) is 3.30. The maximum Gasteiger partial charge on any atom is 0.332 e. The highest BCUT2D eigenvalue weighted by Gasteiger charge is 2.17. The lowest BCUT2D eigenvalue weighted by atomic mass is 10.2. The number of fused-ring (bicyclic) bond motifs is 3. The molecule has 0 aliphatic rings. The van der Waals surface area contributed by atoms with Gasteiger partial charge in [-0.05, 0) is 36.4 Å². The van der Waals surface area contributed by atoms with Crippen LogP contribution >= 0.6 is 0 Å². The highest BCUT2D eigenvalue weighted by molar-refractivity contribution is 5.82. The number of methoxy groups -OCH3 is 1. The van der Waals surface area contributed by atoms with E-state index in [1.165, 1.54) is 16.1 Å². The third-order valence-corrected chi connectivity index (χ3v) is 4.51. The van der Waals surface area contributed by atoms with Gasteiger partial charge < -0.3 is 4.74 Å². The molecule has 0 aliphatic heterocycles. The fourth-order valence-electron chi connectivity index (χ4n) is 3.26. The van der Waals surface area contributed by atoms with Crippen LogP contribution in [0.1, 0.15) is 0 Å². The lowest BCUT2D eigenvalue weighted by Crippen LogP contribution is -2.16. The number of aromatic nitrogens is 5. The Labute approximate surface area is 151 Å². The van der Waals surface area contributed by atoms with Crippen molar-refractivity contribution >= 4 is 27.7 Å². The van der Waals surface area contributed by atoms with Gasteiger partial charge in [-0.15, -0.1) is 0 Å². The molecule has 0 radical (unpaired) electrons. The van der Waals surface area contributed by atoms with E-state index in [9.17, 15) is 9.59 Å². The van der Waals surface area contributed by atoms with Crippen LogP contribution in [0.25, 0.3) is 33.4 Å². The molecule has 132 valence electrons. The highest BCUT2D eigenvalue weighted by atomic mass is 16.5. The quantitative estimate of drug-likeness (QED) is 0.519. The zero-order valence-electron chi connectivity index (χ0n) is 14.2. The smallest absolute Gasteiger partial charge is 0.332 e. The normalized spacial score (nSPS) is 11.4. The summed E-state index contributed by atoms with van der Waals surface area (Å²) in [5.74, 6) is 0.444. The molecule has 0 unspecified atom stereocenters. The van der Waals surface area contributed by atoms with Gasteiger partial charge in [0.25, 0.3) is 5.56 Å². The zero-order valence-corrected chi connectivity index (χ0v) is 14.2. The van der Waals surface area contributed by atoms with Crippen molar-refractivity contribution in [1.82, 2.24) is 23.9 Å². The maximum atomic E-state index is 12.8. The zero-order chi connectivity index (χ0) is 18.5. The first kappa shape index (κ1) is 15.3. The molecule has 0 saturated carbocycles. The summed E-state index contributed by atoms with van der Waals surface area (Å²) < 4.78 is 8.05. The van der Waals surface area contributed by atoms with Crippen LogP contribution in [-0.2, 0) is 0 Å². The number of H-pyrrole nitrogens is 1. The number of hydrogen-bond donors (Lipinski definition) is 1. The first-order chi connectivity index (χ1) is 13.2. The van der Waals surface area contributed by atoms with Crippen molar-refractivity contribution in [2.75, 3.05) is 7.11 Å². The summed E-state index contributed by atoms with van der Waals surface area (Å²) in [4.78, 5) is 36.9. The molecule has 8 nitrogen and oxygen atoms in total. The molecule has 0 spiro atoms. The average Bonchev–Trinajstić information content (AvgIpc) is 3.03. The summed E-state index contributed by atoms with van der Waals surface area (Å²) in [6, 6.07) is 12.6. The van der Waals surface area contributed by atoms with Crippen molar-refractivity contribution in [1.29, 1.82) is 0 Å². The predicted octanol–water partition coefficient (Wildman–Crippen LogP) is 1.88. The number of ether oxygens (including phenoxy) is 1. The monoisotopic (exact) mass is 359 g/mol. The molecule has 0 fully saturated rings. The molecule has 1 aromatic carbocycles. The minimum atomic E-state index is -0.437. The fraction of sp³-hybridized carbons (Fsp3) is 0.0526.